The van der Waals surface area contributed by atoms with Crippen LogP contribution in [-0.4, -0.2) is 12.6 Å². The quantitative estimate of drug-likeness (QED) is 0.794. The van der Waals surface area contributed by atoms with Gasteiger partial charge >= 0.3 is 5.97 Å². The molecule has 22 heavy (non-hydrogen) atoms. The van der Waals surface area contributed by atoms with Crippen LogP contribution in [0.25, 0.3) is 0 Å². The molecule has 3 nitrogen and oxygen atoms in total. The Morgan fingerprint density at radius 3 is 2.45 bits per heavy atom. The Hall–Kier alpha value is -2.20. The van der Waals surface area contributed by atoms with E-state index in [4.69, 9.17) is 4.74 Å². The summed E-state index contributed by atoms with van der Waals surface area (Å²) in [5, 5.41) is 3.34. The van der Waals surface area contributed by atoms with Gasteiger partial charge in [-0.05, 0) is 30.2 Å². The molecule has 0 aliphatic carbocycles. The summed E-state index contributed by atoms with van der Waals surface area (Å²) in [5.74, 6) is -0.556. The second-order valence-electron chi connectivity index (χ2n) is 4.98. The number of ether oxygens (including phenoxy) is 1. The molecule has 2 aromatic rings. The number of halogens is 1. The Kier molecular flexibility index (Phi) is 6.10. The van der Waals surface area contributed by atoms with Crippen molar-refractivity contribution in [3.8, 4) is 0 Å². The zero-order valence-electron chi connectivity index (χ0n) is 12.6. The lowest BCUT2D eigenvalue weighted by Crippen LogP contribution is -2.24. The third kappa shape index (κ3) is 4.97. The lowest BCUT2D eigenvalue weighted by Gasteiger charge is -2.18. The van der Waals surface area contributed by atoms with Crippen molar-refractivity contribution in [1.29, 1.82) is 0 Å². The standard InChI is InChI=1S/C18H20FNO2/c1-2-22-18(21)12-17(15-8-10-16(19)11-9-15)20-13-14-6-4-3-5-7-14/h3-11,17,20H,2,12-13H2,1H3. The average molecular weight is 301 g/mol. The minimum atomic E-state index is -0.290. The molecule has 0 aliphatic heterocycles. The van der Waals surface area contributed by atoms with E-state index in [2.05, 4.69) is 5.32 Å². The number of hydrogen-bond acceptors (Lipinski definition) is 3. The zero-order chi connectivity index (χ0) is 15.8. The molecular weight excluding hydrogens is 281 g/mol. The summed E-state index contributed by atoms with van der Waals surface area (Å²) >= 11 is 0. The Labute approximate surface area is 130 Å². The normalized spacial score (nSPS) is 11.9. The molecule has 0 bridgehead atoms. The number of nitrogens with one attached hydrogen (secondary N) is 1. The molecule has 4 heteroatoms. The van der Waals surface area contributed by atoms with Crippen LogP contribution in [0.2, 0.25) is 0 Å². The number of hydrogen-bond donors (Lipinski definition) is 1. The molecule has 0 radical (unpaired) electrons. The lowest BCUT2D eigenvalue weighted by molar-refractivity contribution is -0.143. The van der Waals surface area contributed by atoms with Gasteiger partial charge in [-0.3, -0.25) is 4.79 Å². The van der Waals surface area contributed by atoms with Gasteiger partial charge in [0.25, 0.3) is 0 Å². The molecule has 2 rings (SSSR count). The van der Waals surface area contributed by atoms with Crippen molar-refractivity contribution in [1.82, 2.24) is 5.32 Å². The molecule has 1 N–H and O–H groups in total. The van der Waals surface area contributed by atoms with Crippen LogP contribution in [0.15, 0.2) is 54.6 Å². The fourth-order valence-corrected chi connectivity index (χ4v) is 2.23. The first-order valence-corrected chi connectivity index (χ1v) is 7.37. The van der Waals surface area contributed by atoms with Crippen LogP contribution in [-0.2, 0) is 16.1 Å². The number of esters is 1. The van der Waals surface area contributed by atoms with E-state index >= 15 is 0 Å². The highest BCUT2D eigenvalue weighted by molar-refractivity contribution is 5.70. The molecule has 0 fully saturated rings. The maximum absolute atomic E-state index is 13.1. The van der Waals surface area contributed by atoms with Gasteiger partial charge in [0.2, 0.25) is 0 Å². The van der Waals surface area contributed by atoms with E-state index in [9.17, 15) is 9.18 Å². The molecule has 0 saturated carbocycles. The smallest absolute Gasteiger partial charge is 0.307 e. The summed E-state index contributed by atoms with van der Waals surface area (Å²) in [4.78, 5) is 11.8. The highest BCUT2D eigenvalue weighted by Gasteiger charge is 2.16. The van der Waals surface area contributed by atoms with E-state index in [1.807, 2.05) is 30.3 Å². The SMILES string of the molecule is CCOC(=O)CC(NCc1ccccc1)c1ccc(F)cc1. The first kappa shape index (κ1) is 16.2. The number of rotatable bonds is 7. The number of carbonyl (C=O) groups is 1. The summed E-state index contributed by atoms with van der Waals surface area (Å²) < 4.78 is 18.1. The Bertz CT molecular complexity index is 584. The fourth-order valence-electron chi connectivity index (χ4n) is 2.23. The van der Waals surface area contributed by atoms with E-state index in [1.165, 1.54) is 12.1 Å². The van der Waals surface area contributed by atoms with E-state index in [-0.39, 0.29) is 24.2 Å². The monoisotopic (exact) mass is 301 g/mol. The number of carbonyl (C=O) groups excluding carboxylic acids is 1. The fraction of sp³-hybridized carbons (Fsp3) is 0.278. The van der Waals surface area contributed by atoms with Gasteiger partial charge in [-0.2, -0.15) is 0 Å². The molecule has 0 heterocycles. The second-order valence-corrected chi connectivity index (χ2v) is 4.98. The summed E-state index contributed by atoms with van der Waals surface area (Å²) in [5.41, 5.74) is 1.99. The van der Waals surface area contributed by atoms with Gasteiger partial charge < -0.3 is 10.1 Å². The minimum Gasteiger partial charge on any atom is -0.466 e. The molecular formula is C18H20FNO2. The molecule has 1 atom stereocenters. The van der Waals surface area contributed by atoms with Gasteiger partial charge in [0, 0.05) is 12.6 Å². The summed E-state index contributed by atoms with van der Waals surface area (Å²) in [7, 11) is 0. The number of benzene rings is 2. The minimum absolute atomic E-state index is 0.208. The third-order valence-corrected chi connectivity index (χ3v) is 3.34. The van der Waals surface area contributed by atoms with E-state index < -0.39 is 0 Å². The molecule has 116 valence electrons. The van der Waals surface area contributed by atoms with E-state index in [0.717, 1.165) is 11.1 Å². The van der Waals surface area contributed by atoms with Crippen LogP contribution in [0.1, 0.15) is 30.5 Å². The van der Waals surface area contributed by atoms with Crippen molar-refractivity contribution in [2.45, 2.75) is 25.9 Å². The lowest BCUT2D eigenvalue weighted by atomic mass is 10.0. The van der Waals surface area contributed by atoms with E-state index in [1.54, 1.807) is 19.1 Å². The van der Waals surface area contributed by atoms with Crippen LogP contribution in [0.3, 0.4) is 0 Å². The van der Waals surface area contributed by atoms with Crippen molar-refractivity contribution in [3.05, 3.63) is 71.5 Å². The van der Waals surface area contributed by atoms with Gasteiger partial charge in [0.15, 0.2) is 0 Å². The Morgan fingerprint density at radius 2 is 1.82 bits per heavy atom. The van der Waals surface area contributed by atoms with Gasteiger partial charge in [0.05, 0.1) is 13.0 Å². The van der Waals surface area contributed by atoms with Crippen LogP contribution in [0.5, 0.6) is 0 Å². The summed E-state index contributed by atoms with van der Waals surface area (Å²) in [6, 6.07) is 15.9. The highest BCUT2D eigenvalue weighted by Crippen LogP contribution is 2.19. The molecule has 0 aliphatic rings. The highest BCUT2D eigenvalue weighted by atomic mass is 19.1. The van der Waals surface area contributed by atoms with Crippen LogP contribution in [0.4, 0.5) is 4.39 Å². The molecule has 1 unspecified atom stereocenters. The zero-order valence-corrected chi connectivity index (χ0v) is 12.6. The second kappa shape index (κ2) is 8.29. The predicted molar refractivity (Wildman–Crippen MR) is 83.7 cm³/mol. The molecule has 2 aromatic carbocycles. The van der Waals surface area contributed by atoms with Gasteiger partial charge in [-0.15, -0.1) is 0 Å². The van der Waals surface area contributed by atoms with Gasteiger partial charge in [-0.25, -0.2) is 4.39 Å². The predicted octanol–water partition coefficient (Wildman–Crippen LogP) is 3.61. The van der Waals surface area contributed by atoms with Crippen molar-refractivity contribution < 1.29 is 13.9 Å². The topological polar surface area (TPSA) is 38.3 Å². The Morgan fingerprint density at radius 1 is 1.14 bits per heavy atom. The van der Waals surface area contributed by atoms with Crippen molar-refractivity contribution in [2.24, 2.45) is 0 Å². The third-order valence-electron chi connectivity index (χ3n) is 3.34. The van der Waals surface area contributed by atoms with Crippen molar-refractivity contribution in [3.63, 3.8) is 0 Å². The molecule has 0 amide bonds. The first-order chi connectivity index (χ1) is 10.7. The molecule has 0 saturated heterocycles. The maximum Gasteiger partial charge on any atom is 0.307 e. The largest absolute Gasteiger partial charge is 0.466 e. The maximum atomic E-state index is 13.1. The van der Waals surface area contributed by atoms with Crippen molar-refractivity contribution >= 4 is 5.97 Å². The van der Waals surface area contributed by atoms with Crippen LogP contribution >= 0.6 is 0 Å². The molecule has 0 spiro atoms. The van der Waals surface area contributed by atoms with Crippen LogP contribution < -0.4 is 5.32 Å². The van der Waals surface area contributed by atoms with Gasteiger partial charge in [-0.1, -0.05) is 42.5 Å². The molecule has 0 aromatic heterocycles. The first-order valence-electron chi connectivity index (χ1n) is 7.37. The summed E-state index contributed by atoms with van der Waals surface area (Å²) in [6.45, 7) is 2.76. The van der Waals surface area contributed by atoms with Gasteiger partial charge in [0.1, 0.15) is 5.82 Å². The van der Waals surface area contributed by atoms with Crippen molar-refractivity contribution in [2.75, 3.05) is 6.61 Å². The van der Waals surface area contributed by atoms with Crippen LogP contribution in [0, 0.1) is 5.82 Å². The van der Waals surface area contributed by atoms with E-state index in [0.29, 0.717) is 13.2 Å². The average Bonchev–Trinajstić information content (AvgIpc) is 2.53. The summed E-state index contributed by atoms with van der Waals surface area (Å²) in [6.07, 6.45) is 0.215. The Balaban J connectivity index is 2.07.